The Hall–Kier alpha value is -2.77. The van der Waals surface area contributed by atoms with E-state index in [9.17, 15) is 14.4 Å². The maximum Gasteiger partial charge on any atom is 0.410 e. The second kappa shape index (κ2) is 7.63. The van der Waals surface area contributed by atoms with Crippen molar-refractivity contribution < 1.29 is 24.2 Å². The van der Waals surface area contributed by atoms with E-state index in [1.165, 1.54) is 12.1 Å². The number of nitrogens with zero attached hydrogens (tertiary/aromatic N) is 2. The van der Waals surface area contributed by atoms with Crippen molar-refractivity contribution in [2.75, 3.05) is 25.0 Å². The van der Waals surface area contributed by atoms with E-state index in [4.69, 9.17) is 9.84 Å². The number of urea groups is 1. The van der Waals surface area contributed by atoms with Gasteiger partial charge in [-0.25, -0.2) is 14.4 Å². The third-order valence-corrected chi connectivity index (χ3v) is 3.93. The highest BCUT2D eigenvalue weighted by molar-refractivity contribution is 5.91. The first-order chi connectivity index (χ1) is 12.1. The van der Waals surface area contributed by atoms with Crippen molar-refractivity contribution in [3.8, 4) is 0 Å². The van der Waals surface area contributed by atoms with Gasteiger partial charge in [0.05, 0.1) is 5.56 Å². The average molecular weight is 363 g/mol. The normalized spacial score (nSPS) is 17.6. The standard InChI is InChI=1S/C18H25N3O5/c1-12-11-20(9-10-21(12)17(25)26-18(2,3)4)16(24)19-14-7-5-13(6-8-14)15(22)23/h5-8,12H,9-11H2,1-4H3,(H,19,24)(H,22,23)/t12-/m0/s1. The van der Waals surface area contributed by atoms with Crippen LogP contribution in [0.4, 0.5) is 15.3 Å². The van der Waals surface area contributed by atoms with E-state index in [2.05, 4.69) is 5.32 Å². The molecular weight excluding hydrogens is 338 g/mol. The van der Waals surface area contributed by atoms with Gasteiger partial charge in [-0.3, -0.25) is 0 Å². The van der Waals surface area contributed by atoms with Gasteiger partial charge in [0.25, 0.3) is 0 Å². The zero-order valence-electron chi connectivity index (χ0n) is 15.5. The minimum Gasteiger partial charge on any atom is -0.478 e. The lowest BCUT2D eigenvalue weighted by molar-refractivity contribution is 0.00588. The third-order valence-electron chi connectivity index (χ3n) is 3.93. The van der Waals surface area contributed by atoms with Crippen LogP contribution in [-0.4, -0.2) is 64.3 Å². The number of carbonyl (C=O) groups is 3. The molecule has 1 atom stereocenters. The molecule has 0 unspecified atom stereocenters. The topological polar surface area (TPSA) is 99.2 Å². The molecule has 0 aliphatic carbocycles. The Labute approximate surface area is 152 Å². The monoisotopic (exact) mass is 363 g/mol. The Balaban J connectivity index is 1.92. The Kier molecular flexibility index (Phi) is 5.74. The molecule has 2 N–H and O–H groups in total. The molecule has 1 fully saturated rings. The van der Waals surface area contributed by atoms with Gasteiger partial charge in [0.1, 0.15) is 5.60 Å². The molecule has 1 saturated heterocycles. The summed E-state index contributed by atoms with van der Waals surface area (Å²) in [7, 11) is 0. The number of nitrogens with one attached hydrogen (secondary N) is 1. The highest BCUT2D eigenvalue weighted by Crippen LogP contribution is 2.17. The van der Waals surface area contributed by atoms with Crippen LogP contribution in [0.2, 0.25) is 0 Å². The van der Waals surface area contributed by atoms with Crippen molar-refractivity contribution in [3.63, 3.8) is 0 Å². The van der Waals surface area contributed by atoms with Crippen LogP contribution in [0, 0.1) is 0 Å². The largest absolute Gasteiger partial charge is 0.478 e. The summed E-state index contributed by atoms with van der Waals surface area (Å²) in [4.78, 5) is 38.7. The number of benzene rings is 1. The van der Waals surface area contributed by atoms with E-state index >= 15 is 0 Å². The van der Waals surface area contributed by atoms with Crippen LogP contribution in [0.5, 0.6) is 0 Å². The van der Waals surface area contributed by atoms with Crippen LogP contribution < -0.4 is 5.32 Å². The predicted octanol–water partition coefficient (Wildman–Crippen LogP) is 2.86. The molecule has 3 amide bonds. The number of piperazine rings is 1. The Morgan fingerprint density at radius 3 is 2.27 bits per heavy atom. The minimum absolute atomic E-state index is 0.155. The van der Waals surface area contributed by atoms with Crippen LogP contribution in [0.3, 0.4) is 0 Å². The van der Waals surface area contributed by atoms with Crippen molar-refractivity contribution in [1.82, 2.24) is 9.80 Å². The number of hydrogen-bond acceptors (Lipinski definition) is 4. The number of rotatable bonds is 2. The number of amides is 3. The molecule has 26 heavy (non-hydrogen) atoms. The molecule has 142 valence electrons. The molecular formula is C18H25N3O5. The van der Waals surface area contributed by atoms with Crippen molar-refractivity contribution >= 4 is 23.8 Å². The van der Waals surface area contributed by atoms with E-state index < -0.39 is 11.6 Å². The summed E-state index contributed by atoms with van der Waals surface area (Å²) in [5.74, 6) is -1.02. The molecule has 0 spiro atoms. The van der Waals surface area contributed by atoms with Crippen LogP contribution >= 0.6 is 0 Å². The van der Waals surface area contributed by atoms with Gasteiger partial charge in [-0.15, -0.1) is 0 Å². The lowest BCUT2D eigenvalue weighted by Gasteiger charge is -2.40. The van der Waals surface area contributed by atoms with Gasteiger partial charge in [0.15, 0.2) is 0 Å². The summed E-state index contributed by atoms with van der Waals surface area (Å²) in [6.45, 7) is 8.48. The van der Waals surface area contributed by atoms with Crippen molar-refractivity contribution in [3.05, 3.63) is 29.8 Å². The number of hydrogen-bond donors (Lipinski definition) is 2. The Bertz CT molecular complexity index is 681. The summed E-state index contributed by atoms with van der Waals surface area (Å²) in [6.07, 6.45) is -0.380. The molecule has 1 aliphatic rings. The Morgan fingerprint density at radius 2 is 1.77 bits per heavy atom. The first-order valence-electron chi connectivity index (χ1n) is 8.46. The number of carboxylic acid groups (broad SMARTS) is 1. The number of carbonyl (C=O) groups excluding carboxylic acids is 2. The first-order valence-corrected chi connectivity index (χ1v) is 8.46. The highest BCUT2D eigenvalue weighted by atomic mass is 16.6. The van der Waals surface area contributed by atoms with E-state index in [-0.39, 0.29) is 23.7 Å². The van der Waals surface area contributed by atoms with Gasteiger partial charge in [-0.2, -0.15) is 0 Å². The lowest BCUT2D eigenvalue weighted by Crippen LogP contribution is -2.57. The van der Waals surface area contributed by atoms with E-state index in [1.54, 1.807) is 21.9 Å². The van der Waals surface area contributed by atoms with Crippen LogP contribution in [-0.2, 0) is 4.74 Å². The lowest BCUT2D eigenvalue weighted by atomic mass is 10.2. The SMILES string of the molecule is C[C@H]1CN(C(=O)Nc2ccc(C(=O)O)cc2)CCN1C(=O)OC(C)(C)C. The van der Waals surface area contributed by atoms with Crippen molar-refractivity contribution in [2.45, 2.75) is 39.3 Å². The van der Waals surface area contributed by atoms with Gasteiger partial charge < -0.3 is 25.0 Å². The molecule has 0 aromatic heterocycles. The second-order valence-corrected chi connectivity index (χ2v) is 7.28. The summed E-state index contributed by atoms with van der Waals surface area (Å²) in [6, 6.07) is 5.49. The molecule has 1 aromatic rings. The van der Waals surface area contributed by atoms with Crippen molar-refractivity contribution in [1.29, 1.82) is 0 Å². The van der Waals surface area contributed by atoms with Crippen LogP contribution in [0.15, 0.2) is 24.3 Å². The number of aromatic carboxylic acids is 1. The fraction of sp³-hybridized carbons (Fsp3) is 0.500. The summed E-state index contributed by atoms with van der Waals surface area (Å²) in [5, 5.41) is 11.6. The van der Waals surface area contributed by atoms with Gasteiger partial charge in [-0.05, 0) is 52.0 Å². The highest BCUT2D eigenvalue weighted by Gasteiger charge is 2.32. The number of ether oxygens (including phenoxy) is 1. The second-order valence-electron chi connectivity index (χ2n) is 7.28. The van der Waals surface area contributed by atoms with E-state index in [1.807, 2.05) is 27.7 Å². The fourth-order valence-electron chi connectivity index (χ4n) is 2.63. The molecule has 1 aromatic carbocycles. The van der Waals surface area contributed by atoms with Gasteiger partial charge in [0, 0.05) is 31.4 Å². The van der Waals surface area contributed by atoms with E-state index in [0.717, 1.165) is 0 Å². The molecule has 2 rings (SSSR count). The van der Waals surface area contributed by atoms with Gasteiger partial charge >= 0.3 is 18.1 Å². The smallest absolute Gasteiger partial charge is 0.410 e. The average Bonchev–Trinajstić information content (AvgIpc) is 2.53. The van der Waals surface area contributed by atoms with Crippen LogP contribution in [0.25, 0.3) is 0 Å². The minimum atomic E-state index is -1.02. The number of anilines is 1. The predicted molar refractivity (Wildman–Crippen MR) is 96.4 cm³/mol. The number of carboxylic acids is 1. The molecule has 0 radical (unpaired) electrons. The van der Waals surface area contributed by atoms with Crippen LogP contribution in [0.1, 0.15) is 38.1 Å². The third kappa shape index (κ3) is 5.11. The molecule has 8 heteroatoms. The Morgan fingerprint density at radius 1 is 1.15 bits per heavy atom. The van der Waals surface area contributed by atoms with Gasteiger partial charge in [0.2, 0.25) is 0 Å². The first kappa shape index (κ1) is 19.6. The maximum atomic E-state index is 12.4. The van der Waals surface area contributed by atoms with Crippen molar-refractivity contribution in [2.24, 2.45) is 0 Å². The van der Waals surface area contributed by atoms with Gasteiger partial charge in [-0.1, -0.05) is 0 Å². The molecule has 1 heterocycles. The molecule has 0 bridgehead atoms. The quantitative estimate of drug-likeness (QED) is 0.842. The zero-order chi connectivity index (χ0) is 19.5. The summed E-state index contributed by atoms with van der Waals surface area (Å²) < 4.78 is 5.39. The summed E-state index contributed by atoms with van der Waals surface area (Å²) >= 11 is 0. The molecule has 0 saturated carbocycles. The van der Waals surface area contributed by atoms with E-state index in [0.29, 0.717) is 25.3 Å². The molecule has 1 aliphatic heterocycles. The maximum absolute atomic E-state index is 12.4. The molecule has 8 nitrogen and oxygen atoms in total. The summed E-state index contributed by atoms with van der Waals surface area (Å²) in [5.41, 5.74) is 0.109. The fourth-order valence-corrected chi connectivity index (χ4v) is 2.63. The zero-order valence-corrected chi connectivity index (χ0v) is 15.5.